The van der Waals surface area contributed by atoms with E-state index in [2.05, 4.69) is 12.1 Å². The molecule has 0 unspecified atom stereocenters. The maximum absolute atomic E-state index is 13.2. The number of likely N-dealkylation sites (tertiary alicyclic amines) is 1. The highest BCUT2D eigenvalue weighted by Gasteiger charge is 2.34. The summed E-state index contributed by atoms with van der Waals surface area (Å²) in [5.74, 6) is 0.367. The van der Waals surface area contributed by atoms with Gasteiger partial charge in [0.15, 0.2) is 0 Å². The molecule has 30 heavy (non-hydrogen) atoms. The van der Waals surface area contributed by atoms with Crippen LogP contribution in [0, 0.1) is 12.8 Å². The average Bonchev–Trinajstić information content (AvgIpc) is 2.70. The zero-order valence-electron chi connectivity index (χ0n) is 17.7. The highest BCUT2D eigenvalue weighted by Crippen LogP contribution is 2.29. The molecule has 1 saturated heterocycles. The molecule has 0 aliphatic carbocycles. The van der Waals surface area contributed by atoms with Gasteiger partial charge in [-0.05, 0) is 62.3 Å². The van der Waals surface area contributed by atoms with Crippen LogP contribution in [0.2, 0.25) is 5.02 Å². The molecule has 0 saturated carbocycles. The van der Waals surface area contributed by atoms with E-state index in [0.29, 0.717) is 29.7 Å². The van der Waals surface area contributed by atoms with E-state index >= 15 is 0 Å². The monoisotopic (exact) mass is 448 g/mol. The second-order valence-corrected chi connectivity index (χ2v) is 10.4. The van der Waals surface area contributed by atoms with Crippen molar-refractivity contribution in [3.05, 3.63) is 64.7 Å². The van der Waals surface area contributed by atoms with E-state index < -0.39 is 16.1 Å². The molecule has 1 atom stereocenters. The van der Waals surface area contributed by atoms with Gasteiger partial charge < -0.3 is 4.90 Å². The van der Waals surface area contributed by atoms with E-state index in [-0.39, 0.29) is 5.91 Å². The number of amides is 1. The summed E-state index contributed by atoms with van der Waals surface area (Å²) in [6, 6.07) is 14.6. The van der Waals surface area contributed by atoms with Crippen LogP contribution in [0.3, 0.4) is 0 Å². The SMILES string of the molecule is Cc1ccc(Cl)cc1N([C@@H](C)C(=O)N1CCC(Cc2ccccc2)CC1)S(C)(=O)=O. The van der Waals surface area contributed by atoms with Crippen LogP contribution in [0.5, 0.6) is 0 Å². The molecule has 162 valence electrons. The number of carbonyl (C=O) groups is 1. The normalized spacial score (nSPS) is 16.3. The molecule has 1 amide bonds. The van der Waals surface area contributed by atoms with Gasteiger partial charge in [-0.3, -0.25) is 9.10 Å². The third-order valence-corrected chi connectivity index (χ3v) is 7.23. The summed E-state index contributed by atoms with van der Waals surface area (Å²) in [5, 5.41) is 0.436. The van der Waals surface area contributed by atoms with Gasteiger partial charge in [-0.15, -0.1) is 0 Å². The van der Waals surface area contributed by atoms with Gasteiger partial charge >= 0.3 is 0 Å². The number of halogens is 1. The van der Waals surface area contributed by atoms with Gasteiger partial charge in [0.05, 0.1) is 11.9 Å². The Morgan fingerprint density at radius 2 is 1.80 bits per heavy atom. The maximum atomic E-state index is 13.2. The van der Waals surface area contributed by atoms with Crippen molar-refractivity contribution in [1.29, 1.82) is 0 Å². The molecule has 5 nitrogen and oxygen atoms in total. The average molecular weight is 449 g/mol. The Labute approximate surface area is 184 Å². The molecule has 0 bridgehead atoms. The largest absolute Gasteiger partial charge is 0.341 e. The van der Waals surface area contributed by atoms with Crippen LogP contribution in [-0.4, -0.2) is 44.6 Å². The molecule has 3 rings (SSSR count). The van der Waals surface area contributed by atoms with Crippen LogP contribution in [-0.2, 0) is 21.2 Å². The lowest BCUT2D eigenvalue weighted by atomic mass is 9.90. The Balaban J connectivity index is 1.71. The van der Waals surface area contributed by atoms with Crippen molar-refractivity contribution in [2.75, 3.05) is 23.7 Å². The molecular formula is C23H29ClN2O3S. The third kappa shape index (κ3) is 5.35. The Kier molecular flexibility index (Phi) is 7.09. The first-order chi connectivity index (χ1) is 14.2. The van der Waals surface area contributed by atoms with Gasteiger partial charge in [0.25, 0.3) is 0 Å². The number of hydrogen-bond donors (Lipinski definition) is 0. The predicted molar refractivity (Wildman–Crippen MR) is 122 cm³/mol. The van der Waals surface area contributed by atoms with E-state index in [4.69, 9.17) is 11.6 Å². The lowest BCUT2D eigenvalue weighted by Crippen LogP contribution is -2.51. The van der Waals surface area contributed by atoms with Crippen molar-refractivity contribution < 1.29 is 13.2 Å². The number of carbonyl (C=O) groups excluding carboxylic acids is 1. The van der Waals surface area contributed by atoms with Gasteiger partial charge in [-0.2, -0.15) is 0 Å². The first-order valence-electron chi connectivity index (χ1n) is 10.2. The van der Waals surface area contributed by atoms with E-state index in [0.717, 1.165) is 31.1 Å². The van der Waals surface area contributed by atoms with Crippen LogP contribution in [0.4, 0.5) is 5.69 Å². The number of sulfonamides is 1. The first kappa shape index (κ1) is 22.6. The van der Waals surface area contributed by atoms with Crippen LogP contribution in [0.1, 0.15) is 30.9 Å². The number of hydrogen-bond acceptors (Lipinski definition) is 3. The van der Waals surface area contributed by atoms with Crippen molar-refractivity contribution in [2.24, 2.45) is 5.92 Å². The Morgan fingerprint density at radius 3 is 2.40 bits per heavy atom. The number of anilines is 1. The van der Waals surface area contributed by atoms with Crippen LogP contribution in [0.15, 0.2) is 48.5 Å². The quantitative estimate of drug-likeness (QED) is 0.662. The second-order valence-electron chi connectivity index (χ2n) is 8.12. The zero-order chi connectivity index (χ0) is 21.9. The zero-order valence-corrected chi connectivity index (χ0v) is 19.3. The fraction of sp³-hybridized carbons (Fsp3) is 0.435. The summed E-state index contributed by atoms with van der Waals surface area (Å²) in [4.78, 5) is 15.0. The molecule has 1 fully saturated rings. The smallest absolute Gasteiger partial charge is 0.246 e. The van der Waals surface area contributed by atoms with Gasteiger partial charge in [0.1, 0.15) is 6.04 Å². The first-order valence-corrected chi connectivity index (χ1v) is 12.5. The van der Waals surface area contributed by atoms with E-state index in [9.17, 15) is 13.2 Å². The summed E-state index contributed by atoms with van der Waals surface area (Å²) in [6.07, 6.45) is 3.98. The number of rotatable bonds is 6. The predicted octanol–water partition coefficient (Wildman–Crippen LogP) is 4.28. The summed E-state index contributed by atoms with van der Waals surface area (Å²) in [7, 11) is -3.66. The fourth-order valence-corrected chi connectivity index (χ4v) is 5.55. The third-order valence-electron chi connectivity index (χ3n) is 5.77. The van der Waals surface area contributed by atoms with Crippen molar-refractivity contribution in [3.8, 4) is 0 Å². The lowest BCUT2D eigenvalue weighted by molar-refractivity contribution is -0.133. The summed E-state index contributed by atoms with van der Waals surface area (Å²) in [5.41, 5.74) is 2.52. The minimum atomic E-state index is -3.66. The molecule has 0 N–H and O–H groups in total. The van der Waals surface area contributed by atoms with Gasteiger partial charge in [0, 0.05) is 18.1 Å². The standard InChI is InChI=1S/C23H29ClN2O3S/c1-17-9-10-21(24)16-22(17)26(30(3,28)29)18(2)23(27)25-13-11-20(12-14-25)15-19-7-5-4-6-8-19/h4-10,16,18,20H,11-15H2,1-3H3/t18-/m0/s1. The van der Waals surface area contributed by atoms with Gasteiger partial charge in [0.2, 0.25) is 15.9 Å². The van der Waals surface area contributed by atoms with Crippen molar-refractivity contribution in [2.45, 2.75) is 39.2 Å². The number of aryl methyl sites for hydroxylation is 1. The molecule has 0 spiro atoms. The molecule has 1 heterocycles. The Bertz CT molecular complexity index is 987. The summed E-state index contributed by atoms with van der Waals surface area (Å²) < 4.78 is 26.4. The summed E-state index contributed by atoms with van der Waals surface area (Å²) >= 11 is 6.11. The minimum absolute atomic E-state index is 0.169. The molecule has 7 heteroatoms. The molecule has 0 aromatic heterocycles. The fourth-order valence-electron chi connectivity index (χ4n) is 4.16. The van der Waals surface area contributed by atoms with E-state index in [1.807, 2.05) is 25.1 Å². The second kappa shape index (κ2) is 9.40. The highest BCUT2D eigenvalue weighted by molar-refractivity contribution is 7.92. The minimum Gasteiger partial charge on any atom is -0.341 e. The van der Waals surface area contributed by atoms with Crippen molar-refractivity contribution in [3.63, 3.8) is 0 Å². The maximum Gasteiger partial charge on any atom is 0.246 e. The van der Waals surface area contributed by atoms with E-state index in [1.165, 1.54) is 9.87 Å². The highest BCUT2D eigenvalue weighted by atomic mass is 35.5. The number of piperidine rings is 1. The molecule has 0 radical (unpaired) electrons. The van der Waals surface area contributed by atoms with Crippen molar-refractivity contribution >= 4 is 33.2 Å². The van der Waals surface area contributed by atoms with Crippen LogP contribution < -0.4 is 4.31 Å². The topological polar surface area (TPSA) is 57.7 Å². The number of benzene rings is 2. The van der Waals surface area contributed by atoms with Gasteiger partial charge in [-0.25, -0.2) is 8.42 Å². The molecule has 2 aromatic carbocycles. The molecule has 1 aliphatic heterocycles. The molecule has 1 aliphatic rings. The molecule has 2 aromatic rings. The van der Waals surface area contributed by atoms with Gasteiger partial charge in [-0.1, -0.05) is 48.0 Å². The molecular weight excluding hydrogens is 420 g/mol. The Hall–Kier alpha value is -2.05. The summed E-state index contributed by atoms with van der Waals surface area (Å²) in [6.45, 7) is 4.76. The Morgan fingerprint density at radius 1 is 1.17 bits per heavy atom. The van der Waals surface area contributed by atoms with Crippen LogP contribution in [0.25, 0.3) is 0 Å². The van der Waals surface area contributed by atoms with Crippen LogP contribution >= 0.6 is 11.6 Å². The lowest BCUT2D eigenvalue weighted by Gasteiger charge is -2.37. The number of nitrogens with zero attached hydrogens (tertiary/aromatic N) is 2. The van der Waals surface area contributed by atoms with Crippen molar-refractivity contribution in [1.82, 2.24) is 4.90 Å². The van der Waals surface area contributed by atoms with E-state index in [1.54, 1.807) is 30.0 Å².